The van der Waals surface area contributed by atoms with E-state index in [1.54, 1.807) is 30.3 Å². The molecular weight excluding hydrogens is 570 g/mol. The van der Waals surface area contributed by atoms with Gasteiger partial charge in [-0.15, -0.1) is 0 Å². The van der Waals surface area contributed by atoms with Gasteiger partial charge in [-0.05, 0) is 51.8 Å². The van der Waals surface area contributed by atoms with Gasteiger partial charge < -0.3 is 14.8 Å². The van der Waals surface area contributed by atoms with Crippen LogP contribution in [0.2, 0.25) is 5.04 Å². The van der Waals surface area contributed by atoms with Crippen molar-refractivity contribution < 1.29 is 13.9 Å². The fourth-order valence-corrected chi connectivity index (χ4v) is 9.81. The molecule has 4 aromatic carbocycles. The highest BCUT2D eigenvalue weighted by Gasteiger charge is 2.50. The van der Waals surface area contributed by atoms with Crippen molar-refractivity contribution in [1.29, 1.82) is 0 Å². The second-order valence-corrected chi connectivity index (χ2v) is 15.7. The summed E-state index contributed by atoms with van der Waals surface area (Å²) in [5.41, 5.74) is 4.86. The maximum absolute atomic E-state index is 13.5. The maximum Gasteiger partial charge on any atom is 0.261 e. The number of hydrogen-bond acceptors (Lipinski definition) is 7. The van der Waals surface area contributed by atoms with E-state index in [0.717, 1.165) is 5.69 Å². The molecule has 0 unspecified atom stereocenters. The molecule has 0 aliphatic carbocycles. The first kappa shape index (κ1) is 30.6. The Bertz CT molecular complexity index is 1660. The first-order valence-corrected chi connectivity index (χ1v) is 16.4. The number of phenolic OH excluding ortho intramolecular Hbond substituents is 1. The van der Waals surface area contributed by atoms with E-state index in [4.69, 9.17) is 9.41 Å². The van der Waals surface area contributed by atoms with Gasteiger partial charge in [-0.3, -0.25) is 0 Å². The molecule has 9 heteroatoms. The minimum absolute atomic E-state index is 0.117. The van der Waals surface area contributed by atoms with Crippen molar-refractivity contribution >= 4 is 42.4 Å². The summed E-state index contributed by atoms with van der Waals surface area (Å²) in [6, 6.07) is 35.9. The predicted molar refractivity (Wildman–Crippen MR) is 178 cm³/mol. The standard InChI is InChI=1S/C35H36FN5O2Si/c1-35(2,3)44(30-13-6-4-7-14-30,31-15-8-5-9-16-31)43-23-22-29-24-33(38-28-20-18-27(36)19-21-28)40-34(39-29)41-37-25-26-12-10-11-17-32(26)42/h4-21,24-25,42H,22-23H2,1-3H3,(H2,38,39,40,41). The Hall–Kier alpha value is -4.86. The third-order valence-corrected chi connectivity index (χ3v) is 12.3. The molecule has 0 aliphatic heterocycles. The number of nitrogens with zero attached hydrogens (tertiary/aromatic N) is 3. The molecule has 224 valence electrons. The van der Waals surface area contributed by atoms with Crippen LogP contribution in [0.1, 0.15) is 32.0 Å². The number of rotatable bonds is 11. The molecule has 0 saturated carbocycles. The Balaban J connectivity index is 1.43. The number of aromatic nitrogens is 2. The van der Waals surface area contributed by atoms with E-state index in [1.165, 1.54) is 28.7 Å². The highest BCUT2D eigenvalue weighted by atomic mass is 28.4. The van der Waals surface area contributed by atoms with Crippen molar-refractivity contribution in [1.82, 2.24) is 9.97 Å². The average molecular weight is 606 g/mol. The summed E-state index contributed by atoms with van der Waals surface area (Å²) < 4.78 is 20.6. The fraction of sp³-hybridized carbons (Fsp3) is 0.171. The summed E-state index contributed by atoms with van der Waals surface area (Å²) in [6.07, 6.45) is 2.02. The highest BCUT2D eigenvalue weighted by Crippen LogP contribution is 2.36. The van der Waals surface area contributed by atoms with Gasteiger partial charge in [0.2, 0.25) is 5.95 Å². The van der Waals surface area contributed by atoms with Crippen LogP contribution < -0.4 is 21.1 Å². The van der Waals surface area contributed by atoms with Crippen LogP contribution >= 0.6 is 0 Å². The number of hydrazone groups is 1. The lowest BCUT2D eigenvalue weighted by Crippen LogP contribution is -2.66. The quantitative estimate of drug-likeness (QED) is 0.0890. The summed E-state index contributed by atoms with van der Waals surface area (Å²) in [6.45, 7) is 7.18. The Morgan fingerprint density at radius 2 is 1.45 bits per heavy atom. The molecule has 0 saturated heterocycles. The van der Waals surface area contributed by atoms with E-state index in [2.05, 4.69) is 90.1 Å². The van der Waals surface area contributed by atoms with Gasteiger partial charge >= 0.3 is 0 Å². The Kier molecular flexibility index (Phi) is 9.47. The van der Waals surface area contributed by atoms with Crippen molar-refractivity contribution in [3.05, 3.63) is 132 Å². The van der Waals surface area contributed by atoms with Crippen LogP contribution in [-0.2, 0) is 10.8 Å². The van der Waals surface area contributed by atoms with Crippen molar-refractivity contribution in [2.24, 2.45) is 5.10 Å². The molecule has 3 N–H and O–H groups in total. The number of benzene rings is 4. The van der Waals surface area contributed by atoms with Crippen molar-refractivity contribution in [2.75, 3.05) is 17.3 Å². The Morgan fingerprint density at radius 3 is 2.07 bits per heavy atom. The largest absolute Gasteiger partial charge is 0.507 e. The Labute approximate surface area is 258 Å². The Morgan fingerprint density at radius 1 is 0.841 bits per heavy atom. The summed E-state index contributed by atoms with van der Waals surface area (Å²) in [5, 5.41) is 19.8. The van der Waals surface area contributed by atoms with E-state index in [0.29, 0.717) is 30.1 Å². The zero-order valence-electron chi connectivity index (χ0n) is 25.0. The van der Waals surface area contributed by atoms with E-state index in [9.17, 15) is 9.50 Å². The number of aromatic hydroxyl groups is 1. The molecule has 5 aromatic rings. The molecular formula is C35H36FN5O2Si. The molecule has 0 fully saturated rings. The molecule has 0 aliphatic rings. The van der Waals surface area contributed by atoms with Gasteiger partial charge in [-0.25, -0.2) is 14.8 Å². The van der Waals surface area contributed by atoms with Crippen LogP contribution in [0.4, 0.5) is 21.8 Å². The minimum atomic E-state index is -2.72. The number of halogens is 1. The van der Waals surface area contributed by atoms with Gasteiger partial charge in [0.25, 0.3) is 8.32 Å². The summed E-state index contributed by atoms with van der Waals surface area (Å²) >= 11 is 0. The van der Waals surface area contributed by atoms with Crippen LogP contribution in [0.3, 0.4) is 0 Å². The van der Waals surface area contributed by atoms with Gasteiger partial charge in [-0.2, -0.15) is 10.1 Å². The third kappa shape index (κ3) is 7.19. The fourth-order valence-electron chi connectivity index (χ4n) is 5.25. The molecule has 1 aromatic heterocycles. The van der Waals surface area contributed by atoms with Crippen LogP contribution in [0, 0.1) is 5.82 Å². The first-order valence-electron chi connectivity index (χ1n) is 14.5. The SMILES string of the molecule is CC(C)(C)[Si](OCCc1cc(Nc2ccc(F)cc2)nc(NN=Cc2ccccc2O)n1)(c1ccccc1)c1ccccc1. The zero-order chi connectivity index (χ0) is 31.0. The number of hydrogen-bond donors (Lipinski definition) is 3. The van der Waals surface area contributed by atoms with Crippen molar-refractivity contribution in [2.45, 2.75) is 32.2 Å². The normalized spacial score (nSPS) is 11.9. The predicted octanol–water partition coefficient (Wildman–Crippen LogP) is 6.63. The summed E-state index contributed by atoms with van der Waals surface area (Å²) in [5.74, 6) is 0.587. The molecule has 0 bridgehead atoms. The van der Waals surface area contributed by atoms with Gasteiger partial charge in [-0.1, -0.05) is 93.6 Å². The topological polar surface area (TPSA) is 91.7 Å². The van der Waals surface area contributed by atoms with Crippen molar-refractivity contribution in [3.63, 3.8) is 0 Å². The number of phenols is 1. The van der Waals surface area contributed by atoms with Gasteiger partial charge in [0.05, 0.1) is 11.9 Å². The smallest absolute Gasteiger partial charge is 0.261 e. The lowest BCUT2D eigenvalue weighted by molar-refractivity contribution is 0.300. The second kappa shape index (κ2) is 13.6. The van der Waals surface area contributed by atoms with Crippen LogP contribution in [0.15, 0.2) is 120 Å². The van der Waals surface area contributed by atoms with Crippen LogP contribution in [-0.4, -0.2) is 36.2 Å². The van der Waals surface area contributed by atoms with Gasteiger partial charge in [0, 0.05) is 30.3 Å². The third-order valence-electron chi connectivity index (χ3n) is 7.29. The van der Waals surface area contributed by atoms with Gasteiger partial charge in [0.1, 0.15) is 17.4 Å². The minimum Gasteiger partial charge on any atom is -0.507 e. The van der Waals surface area contributed by atoms with Crippen LogP contribution in [0.25, 0.3) is 0 Å². The molecule has 0 spiro atoms. The lowest BCUT2D eigenvalue weighted by atomic mass is 10.2. The first-order chi connectivity index (χ1) is 21.2. The molecule has 0 amide bonds. The summed E-state index contributed by atoms with van der Waals surface area (Å²) in [4.78, 5) is 9.27. The van der Waals surface area contributed by atoms with E-state index in [1.807, 2.05) is 24.3 Å². The molecule has 7 nitrogen and oxygen atoms in total. The molecule has 0 atom stereocenters. The van der Waals surface area contributed by atoms with E-state index >= 15 is 0 Å². The molecule has 5 rings (SSSR count). The maximum atomic E-state index is 13.5. The highest BCUT2D eigenvalue weighted by molar-refractivity contribution is 6.99. The summed E-state index contributed by atoms with van der Waals surface area (Å²) in [7, 11) is -2.72. The number of para-hydroxylation sites is 1. The van der Waals surface area contributed by atoms with Gasteiger partial charge in [0.15, 0.2) is 0 Å². The second-order valence-electron chi connectivity index (χ2n) is 11.4. The number of nitrogens with one attached hydrogen (secondary N) is 2. The molecule has 1 heterocycles. The number of anilines is 3. The van der Waals surface area contributed by atoms with Crippen molar-refractivity contribution in [3.8, 4) is 5.75 Å². The lowest BCUT2D eigenvalue weighted by Gasteiger charge is -2.43. The van der Waals surface area contributed by atoms with E-state index < -0.39 is 8.32 Å². The van der Waals surface area contributed by atoms with Crippen LogP contribution in [0.5, 0.6) is 5.75 Å². The monoisotopic (exact) mass is 605 g/mol. The van der Waals surface area contributed by atoms with E-state index in [-0.39, 0.29) is 22.6 Å². The average Bonchev–Trinajstić information content (AvgIpc) is 3.02. The molecule has 44 heavy (non-hydrogen) atoms. The molecule has 0 radical (unpaired) electrons. The zero-order valence-corrected chi connectivity index (χ0v) is 26.0.